The Labute approximate surface area is 92.9 Å². The molecule has 0 aromatic carbocycles. The van der Waals surface area contributed by atoms with Gasteiger partial charge in [-0.3, -0.25) is 0 Å². The molecule has 15 heavy (non-hydrogen) atoms. The van der Waals surface area contributed by atoms with Crippen LogP contribution >= 0.6 is 0 Å². The van der Waals surface area contributed by atoms with Crippen LogP contribution in [0.3, 0.4) is 0 Å². The van der Waals surface area contributed by atoms with Crippen molar-refractivity contribution in [2.45, 2.75) is 43.8 Å². The van der Waals surface area contributed by atoms with Gasteiger partial charge in [-0.25, -0.2) is 13.1 Å². The lowest BCUT2D eigenvalue weighted by Crippen LogP contribution is -2.36. The molecule has 1 saturated carbocycles. The molecule has 0 atom stereocenters. The minimum atomic E-state index is -3.04. The van der Waals surface area contributed by atoms with E-state index in [9.17, 15) is 8.42 Å². The van der Waals surface area contributed by atoms with Gasteiger partial charge >= 0.3 is 0 Å². The molecular formula is C10H22N2O2S. The van der Waals surface area contributed by atoms with Crippen molar-refractivity contribution in [1.82, 2.24) is 10.0 Å². The Kier molecular flexibility index (Phi) is 5.56. The summed E-state index contributed by atoms with van der Waals surface area (Å²) in [6.45, 7) is 1.41. The second-order valence-corrected chi connectivity index (χ2v) is 6.20. The number of hydrogen-bond acceptors (Lipinski definition) is 3. The second-order valence-electron chi connectivity index (χ2n) is 4.16. The Balaban J connectivity index is 2.30. The van der Waals surface area contributed by atoms with Crippen LogP contribution in [0.2, 0.25) is 0 Å². The smallest absolute Gasteiger partial charge is 0.214 e. The summed E-state index contributed by atoms with van der Waals surface area (Å²) in [6, 6.07) is 0. The van der Waals surface area contributed by atoms with Crippen molar-refractivity contribution < 1.29 is 8.42 Å². The molecule has 1 aliphatic rings. The van der Waals surface area contributed by atoms with Crippen LogP contribution in [0, 0.1) is 0 Å². The first-order valence-corrected chi connectivity index (χ1v) is 7.34. The minimum Gasteiger partial charge on any atom is -0.320 e. The molecule has 0 bridgehead atoms. The van der Waals surface area contributed by atoms with Crippen molar-refractivity contribution in [1.29, 1.82) is 0 Å². The van der Waals surface area contributed by atoms with Crippen molar-refractivity contribution in [3.05, 3.63) is 0 Å². The van der Waals surface area contributed by atoms with E-state index in [-0.39, 0.29) is 5.25 Å². The molecule has 0 amide bonds. The summed E-state index contributed by atoms with van der Waals surface area (Å²) >= 11 is 0. The molecule has 0 spiro atoms. The van der Waals surface area contributed by atoms with Crippen molar-refractivity contribution in [2.75, 3.05) is 20.1 Å². The molecule has 5 heteroatoms. The van der Waals surface area contributed by atoms with Crippen LogP contribution in [0.15, 0.2) is 0 Å². The molecule has 0 saturated heterocycles. The summed E-state index contributed by atoms with van der Waals surface area (Å²) in [6.07, 6.45) is 5.82. The highest BCUT2D eigenvalue weighted by Gasteiger charge is 2.26. The molecule has 1 rings (SSSR count). The highest BCUT2D eigenvalue weighted by molar-refractivity contribution is 7.90. The number of hydrogen-bond donors (Lipinski definition) is 2. The predicted octanol–water partition coefficient (Wildman–Crippen LogP) is 0.848. The van der Waals surface area contributed by atoms with E-state index in [1.165, 1.54) is 6.42 Å². The summed E-state index contributed by atoms with van der Waals surface area (Å²) in [5.41, 5.74) is 0. The third-order valence-electron chi connectivity index (χ3n) is 2.90. The third kappa shape index (κ3) is 4.49. The molecule has 1 aliphatic carbocycles. The zero-order chi connectivity index (χ0) is 11.1. The third-order valence-corrected chi connectivity index (χ3v) is 4.85. The zero-order valence-electron chi connectivity index (χ0n) is 9.46. The van der Waals surface area contributed by atoms with Crippen molar-refractivity contribution in [2.24, 2.45) is 0 Å². The SMILES string of the molecule is CNCCCNS(=O)(=O)C1CCCCC1. The molecule has 90 valence electrons. The summed E-state index contributed by atoms with van der Waals surface area (Å²) in [7, 11) is -1.17. The van der Waals surface area contributed by atoms with Gasteiger partial charge in [0.1, 0.15) is 0 Å². The summed E-state index contributed by atoms with van der Waals surface area (Å²) < 4.78 is 26.3. The lowest BCUT2D eigenvalue weighted by Gasteiger charge is -2.21. The lowest BCUT2D eigenvalue weighted by molar-refractivity contribution is 0.477. The molecule has 0 radical (unpaired) electrons. The van der Waals surface area contributed by atoms with Gasteiger partial charge in [-0.05, 0) is 32.9 Å². The normalized spacial score (nSPS) is 19.3. The van der Waals surface area contributed by atoms with Crippen LogP contribution in [0.5, 0.6) is 0 Å². The molecule has 0 aromatic heterocycles. The molecule has 2 N–H and O–H groups in total. The van der Waals surface area contributed by atoms with Crippen LogP contribution in [-0.4, -0.2) is 33.8 Å². The molecular weight excluding hydrogens is 212 g/mol. The van der Waals surface area contributed by atoms with E-state index in [2.05, 4.69) is 10.0 Å². The number of nitrogens with one attached hydrogen (secondary N) is 2. The van der Waals surface area contributed by atoms with Crippen LogP contribution in [0.25, 0.3) is 0 Å². The van der Waals surface area contributed by atoms with Crippen molar-refractivity contribution in [3.8, 4) is 0 Å². The molecule has 0 heterocycles. The monoisotopic (exact) mass is 234 g/mol. The maximum Gasteiger partial charge on any atom is 0.214 e. The van der Waals surface area contributed by atoms with Gasteiger partial charge in [-0.1, -0.05) is 19.3 Å². The Hall–Kier alpha value is -0.130. The van der Waals surface area contributed by atoms with E-state index in [0.29, 0.717) is 6.54 Å². The average Bonchev–Trinajstić information content (AvgIpc) is 2.26. The Morgan fingerprint density at radius 2 is 1.80 bits per heavy atom. The summed E-state index contributed by atoms with van der Waals surface area (Å²) in [4.78, 5) is 0. The van der Waals surface area contributed by atoms with E-state index in [1.54, 1.807) is 0 Å². The zero-order valence-corrected chi connectivity index (χ0v) is 10.3. The average molecular weight is 234 g/mol. The molecule has 0 unspecified atom stereocenters. The quantitative estimate of drug-likeness (QED) is 0.670. The Morgan fingerprint density at radius 1 is 1.13 bits per heavy atom. The maximum absolute atomic E-state index is 11.8. The summed E-state index contributed by atoms with van der Waals surface area (Å²) in [5, 5.41) is 2.86. The number of sulfonamides is 1. The van der Waals surface area contributed by atoms with Crippen LogP contribution < -0.4 is 10.0 Å². The molecule has 0 aliphatic heterocycles. The van der Waals surface area contributed by atoms with E-state index in [0.717, 1.165) is 38.6 Å². The fourth-order valence-corrected chi connectivity index (χ4v) is 3.59. The molecule has 0 aromatic rings. The summed E-state index contributed by atoms with van der Waals surface area (Å²) in [5.74, 6) is 0. The first kappa shape index (κ1) is 12.9. The molecule has 4 nitrogen and oxygen atoms in total. The van der Waals surface area contributed by atoms with Crippen LogP contribution in [0.4, 0.5) is 0 Å². The fraction of sp³-hybridized carbons (Fsp3) is 1.00. The lowest BCUT2D eigenvalue weighted by atomic mass is 10.0. The second kappa shape index (κ2) is 6.45. The minimum absolute atomic E-state index is 0.138. The van der Waals surface area contributed by atoms with Gasteiger partial charge in [0.05, 0.1) is 5.25 Å². The first-order chi connectivity index (χ1) is 7.17. The standard InChI is InChI=1S/C10H22N2O2S/c1-11-8-5-9-12-15(13,14)10-6-3-2-4-7-10/h10-12H,2-9H2,1H3. The van der Waals surface area contributed by atoms with Crippen LogP contribution in [-0.2, 0) is 10.0 Å². The van der Waals surface area contributed by atoms with E-state index < -0.39 is 10.0 Å². The van der Waals surface area contributed by atoms with Gasteiger partial charge in [0.15, 0.2) is 0 Å². The van der Waals surface area contributed by atoms with Gasteiger partial charge in [-0.15, -0.1) is 0 Å². The Bertz CT molecular complexity index is 259. The predicted molar refractivity (Wildman–Crippen MR) is 62.3 cm³/mol. The Morgan fingerprint density at radius 3 is 2.40 bits per heavy atom. The van der Waals surface area contributed by atoms with Gasteiger partial charge in [-0.2, -0.15) is 0 Å². The molecule has 1 fully saturated rings. The topological polar surface area (TPSA) is 58.2 Å². The van der Waals surface area contributed by atoms with Gasteiger partial charge in [0.2, 0.25) is 10.0 Å². The van der Waals surface area contributed by atoms with Gasteiger partial charge in [0, 0.05) is 6.54 Å². The van der Waals surface area contributed by atoms with Gasteiger partial charge in [0.25, 0.3) is 0 Å². The maximum atomic E-state index is 11.8. The van der Waals surface area contributed by atoms with E-state index in [4.69, 9.17) is 0 Å². The highest BCUT2D eigenvalue weighted by Crippen LogP contribution is 2.22. The first-order valence-electron chi connectivity index (χ1n) is 5.80. The highest BCUT2D eigenvalue weighted by atomic mass is 32.2. The van der Waals surface area contributed by atoms with E-state index in [1.807, 2.05) is 7.05 Å². The van der Waals surface area contributed by atoms with E-state index >= 15 is 0 Å². The number of rotatable bonds is 6. The van der Waals surface area contributed by atoms with Crippen LogP contribution in [0.1, 0.15) is 38.5 Å². The fourth-order valence-electron chi connectivity index (χ4n) is 1.97. The van der Waals surface area contributed by atoms with Gasteiger partial charge < -0.3 is 5.32 Å². The van der Waals surface area contributed by atoms with Crippen molar-refractivity contribution in [3.63, 3.8) is 0 Å². The largest absolute Gasteiger partial charge is 0.320 e. The van der Waals surface area contributed by atoms with Crippen molar-refractivity contribution >= 4 is 10.0 Å².